The fourth-order valence-corrected chi connectivity index (χ4v) is 1.68. The number of carbonyl (C=O) groups is 1. The molecule has 0 aromatic rings. The van der Waals surface area contributed by atoms with Crippen molar-refractivity contribution in [2.45, 2.75) is 18.9 Å². The molecule has 2 bridgehead atoms. The van der Waals surface area contributed by atoms with Gasteiger partial charge in [-0.25, -0.2) is 4.79 Å². The maximum Gasteiger partial charge on any atom is 0.333 e. The van der Waals surface area contributed by atoms with E-state index in [0.29, 0.717) is 6.61 Å². The number of hydrogen-bond acceptors (Lipinski definition) is 3. The maximum absolute atomic E-state index is 11.1. The highest BCUT2D eigenvalue weighted by Crippen LogP contribution is 2.35. The molecule has 0 aromatic carbocycles. The number of carbonyl (C=O) groups excluding carboxylic acids is 1. The molecule has 3 nitrogen and oxygen atoms in total. The monoisotopic (exact) mass is 154 g/mol. The van der Waals surface area contributed by atoms with Gasteiger partial charge in [0.1, 0.15) is 0 Å². The fourth-order valence-electron chi connectivity index (χ4n) is 1.68. The molecule has 2 rings (SSSR count). The average molecular weight is 154 g/mol. The van der Waals surface area contributed by atoms with Gasteiger partial charge in [0.15, 0.2) is 0 Å². The molecule has 2 aliphatic rings. The molecule has 1 atom stereocenters. The Bertz CT molecular complexity index is 229. The molecular formula is C8H10O3. The molecule has 1 unspecified atom stereocenters. The molecule has 1 saturated heterocycles. The van der Waals surface area contributed by atoms with Crippen molar-refractivity contribution < 1.29 is 14.3 Å². The molecule has 3 heteroatoms. The highest BCUT2D eigenvalue weighted by Gasteiger charge is 2.34. The minimum absolute atomic E-state index is 0.175. The zero-order valence-electron chi connectivity index (χ0n) is 6.42. The lowest BCUT2D eigenvalue weighted by molar-refractivity contribution is -0.136. The Morgan fingerprint density at radius 3 is 2.91 bits per heavy atom. The van der Waals surface area contributed by atoms with Crippen molar-refractivity contribution in [1.29, 1.82) is 0 Å². The Morgan fingerprint density at radius 2 is 2.45 bits per heavy atom. The summed E-state index contributed by atoms with van der Waals surface area (Å²) in [5, 5.41) is 0. The van der Waals surface area contributed by atoms with E-state index in [0.717, 1.165) is 24.0 Å². The van der Waals surface area contributed by atoms with Gasteiger partial charge in [0, 0.05) is 12.0 Å². The van der Waals surface area contributed by atoms with Gasteiger partial charge >= 0.3 is 5.97 Å². The summed E-state index contributed by atoms with van der Waals surface area (Å²) in [6, 6.07) is 0. The van der Waals surface area contributed by atoms with Crippen LogP contribution in [0.15, 0.2) is 11.1 Å². The minimum Gasteiger partial charge on any atom is -0.466 e. The first kappa shape index (κ1) is 6.85. The van der Waals surface area contributed by atoms with Crippen molar-refractivity contribution in [3.63, 3.8) is 0 Å². The zero-order chi connectivity index (χ0) is 7.84. The predicted octanol–water partition coefficient (Wildman–Crippen LogP) is 0.649. The van der Waals surface area contributed by atoms with Gasteiger partial charge in [-0.2, -0.15) is 0 Å². The average Bonchev–Trinajstić information content (AvgIpc) is 2.62. The van der Waals surface area contributed by atoms with Gasteiger partial charge in [-0.05, 0) is 12.0 Å². The van der Waals surface area contributed by atoms with E-state index in [-0.39, 0.29) is 12.1 Å². The van der Waals surface area contributed by atoms with Crippen LogP contribution in [0.1, 0.15) is 12.8 Å². The van der Waals surface area contributed by atoms with E-state index in [1.807, 2.05) is 0 Å². The molecule has 1 heterocycles. The number of methoxy groups -OCH3 is 1. The van der Waals surface area contributed by atoms with Gasteiger partial charge < -0.3 is 9.47 Å². The summed E-state index contributed by atoms with van der Waals surface area (Å²) in [6.45, 7) is 0.634. The summed E-state index contributed by atoms with van der Waals surface area (Å²) in [7, 11) is 1.42. The molecule has 1 aliphatic carbocycles. The van der Waals surface area contributed by atoms with Gasteiger partial charge in [0.25, 0.3) is 0 Å². The van der Waals surface area contributed by atoms with Gasteiger partial charge in [-0.15, -0.1) is 0 Å². The Labute approximate surface area is 65.0 Å². The number of esters is 1. The fraction of sp³-hybridized carbons (Fsp3) is 0.625. The van der Waals surface area contributed by atoms with E-state index in [9.17, 15) is 4.79 Å². The molecule has 1 aliphatic heterocycles. The van der Waals surface area contributed by atoms with E-state index in [2.05, 4.69) is 4.74 Å². The summed E-state index contributed by atoms with van der Waals surface area (Å²) >= 11 is 0. The molecule has 0 amide bonds. The highest BCUT2D eigenvalue weighted by molar-refractivity contribution is 5.90. The summed E-state index contributed by atoms with van der Waals surface area (Å²) in [4.78, 5) is 11.1. The Hall–Kier alpha value is -0.830. The molecule has 0 saturated carbocycles. The largest absolute Gasteiger partial charge is 0.466 e. The van der Waals surface area contributed by atoms with Crippen molar-refractivity contribution in [3.8, 4) is 0 Å². The van der Waals surface area contributed by atoms with Crippen LogP contribution in [0.3, 0.4) is 0 Å². The van der Waals surface area contributed by atoms with Crippen LogP contribution in [0, 0.1) is 0 Å². The molecule has 0 aromatic heterocycles. The third-order valence-electron chi connectivity index (χ3n) is 2.26. The molecule has 11 heavy (non-hydrogen) atoms. The van der Waals surface area contributed by atoms with Crippen LogP contribution >= 0.6 is 0 Å². The van der Waals surface area contributed by atoms with Crippen LogP contribution in [0.25, 0.3) is 0 Å². The molecule has 0 N–H and O–H groups in total. The standard InChI is InChI=1S/C8H10O3/c1-10-8(9)7-3-6-2-5(7)4-11-6/h6H,2-4H2,1H3. The van der Waals surface area contributed by atoms with Crippen LogP contribution in [-0.4, -0.2) is 25.8 Å². The maximum atomic E-state index is 11.1. The lowest BCUT2D eigenvalue weighted by Crippen LogP contribution is -2.13. The molecule has 1 fully saturated rings. The summed E-state index contributed by atoms with van der Waals surface area (Å²) in [5.41, 5.74) is 1.99. The topological polar surface area (TPSA) is 35.5 Å². The second-order valence-electron chi connectivity index (χ2n) is 2.91. The van der Waals surface area contributed by atoms with E-state index < -0.39 is 0 Å². The SMILES string of the molecule is COC(=O)C1=C2COC(C2)C1. The first-order chi connectivity index (χ1) is 5.31. The van der Waals surface area contributed by atoms with Crippen molar-refractivity contribution in [2.24, 2.45) is 0 Å². The molecule has 0 radical (unpaired) electrons. The van der Waals surface area contributed by atoms with E-state index in [1.54, 1.807) is 0 Å². The van der Waals surface area contributed by atoms with Gasteiger partial charge in [-0.1, -0.05) is 0 Å². The Morgan fingerprint density at radius 1 is 1.64 bits per heavy atom. The lowest BCUT2D eigenvalue weighted by Gasteiger charge is -2.10. The van der Waals surface area contributed by atoms with Gasteiger partial charge in [0.2, 0.25) is 0 Å². The lowest BCUT2D eigenvalue weighted by atomic mass is 10.1. The number of hydrogen-bond donors (Lipinski definition) is 0. The van der Waals surface area contributed by atoms with Crippen LogP contribution in [0.2, 0.25) is 0 Å². The second-order valence-corrected chi connectivity index (χ2v) is 2.91. The molecular weight excluding hydrogens is 144 g/mol. The van der Waals surface area contributed by atoms with Crippen LogP contribution in [0.5, 0.6) is 0 Å². The highest BCUT2D eigenvalue weighted by atomic mass is 16.5. The van der Waals surface area contributed by atoms with Crippen molar-refractivity contribution in [1.82, 2.24) is 0 Å². The summed E-state index contributed by atoms with van der Waals surface area (Å²) in [6.07, 6.45) is 1.95. The van der Waals surface area contributed by atoms with Crippen LogP contribution in [-0.2, 0) is 14.3 Å². The van der Waals surface area contributed by atoms with E-state index >= 15 is 0 Å². The smallest absolute Gasteiger partial charge is 0.333 e. The molecule has 0 spiro atoms. The summed E-state index contributed by atoms with van der Waals surface area (Å²) < 4.78 is 9.95. The minimum atomic E-state index is -0.175. The number of rotatable bonds is 1. The zero-order valence-corrected chi connectivity index (χ0v) is 6.42. The quantitative estimate of drug-likeness (QED) is 0.520. The second kappa shape index (κ2) is 2.34. The first-order valence-electron chi connectivity index (χ1n) is 3.72. The predicted molar refractivity (Wildman–Crippen MR) is 38.0 cm³/mol. The van der Waals surface area contributed by atoms with Crippen molar-refractivity contribution >= 4 is 5.97 Å². The third kappa shape index (κ3) is 0.959. The van der Waals surface area contributed by atoms with Gasteiger partial charge in [-0.3, -0.25) is 0 Å². The first-order valence-corrected chi connectivity index (χ1v) is 3.72. The normalized spacial score (nSPS) is 27.9. The van der Waals surface area contributed by atoms with Crippen molar-refractivity contribution in [2.75, 3.05) is 13.7 Å². The van der Waals surface area contributed by atoms with Crippen LogP contribution < -0.4 is 0 Å². The molecule has 60 valence electrons. The Kier molecular flexibility index (Phi) is 1.46. The third-order valence-corrected chi connectivity index (χ3v) is 2.26. The van der Waals surface area contributed by atoms with Crippen molar-refractivity contribution in [3.05, 3.63) is 11.1 Å². The van der Waals surface area contributed by atoms with Crippen LogP contribution in [0.4, 0.5) is 0 Å². The van der Waals surface area contributed by atoms with E-state index in [4.69, 9.17) is 4.74 Å². The summed E-state index contributed by atoms with van der Waals surface area (Å²) in [5.74, 6) is -0.175. The Balaban J connectivity index is 2.21. The van der Waals surface area contributed by atoms with Gasteiger partial charge in [0.05, 0.1) is 19.8 Å². The number of ether oxygens (including phenoxy) is 2. The number of fused-ring (bicyclic) bond motifs is 2. The van der Waals surface area contributed by atoms with E-state index in [1.165, 1.54) is 7.11 Å².